The normalized spacial score (nSPS) is 15.6. The third kappa shape index (κ3) is 1.94. The van der Waals surface area contributed by atoms with Gasteiger partial charge < -0.3 is 5.73 Å². The zero-order chi connectivity index (χ0) is 10.8. The Hall–Kier alpha value is -0.930. The van der Waals surface area contributed by atoms with Crippen molar-refractivity contribution in [1.29, 1.82) is 0 Å². The van der Waals surface area contributed by atoms with E-state index in [1.165, 1.54) is 12.1 Å². The molecule has 0 spiro atoms. The standard InChI is InChI=1S/C11H17FN2/c1-11(8-13,14(2)3)9-4-6-10(12)7-5-9/h4-7H,8,13H2,1-3H3. The lowest BCUT2D eigenvalue weighted by Crippen LogP contribution is -2.44. The smallest absolute Gasteiger partial charge is 0.123 e. The van der Waals surface area contributed by atoms with E-state index in [9.17, 15) is 4.39 Å². The highest BCUT2D eigenvalue weighted by atomic mass is 19.1. The molecule has 0 saturated heterocycles. The van der Waals surface area contributed by atoms with Gasteiger partial charge in [-0.3, -0.25) is 4.90 Å². The molecule has 2 nitrogen and oxygen atoms in total. The van der Waals surface area contributed by atoms with E-state index in [-0.39, 0.29) is 11.4 Å². The Morgan fingerprint density at radius 2 is 1.79 bits per heavy atom. The molecule has 78 valence electrons. The second-order valence-electron chi connectivity index (χ2n) is 3.88. The van der Waals surface area contributed by atoms with E-state index in [1.807, 2.05) is 25.9 Å². The molecule has 1 unspecified atom stereocenters. The van der Waals surface area contributed by atoms with Crippen LogP contribution in [0.1, 0.15) is 12.5 Å². The molecule has 3 heteroatoms. The van der Waals surface area contributed by atoms with Crippen LogP contribution >= 0.6 is 0 Å². The molecule has 1 atom stereocenters. The van der Waals surface area contributed by atoms with Gasteiger partial charge >= 0.3 is 0 Å². The van der Waals surface area contributed by atoms with Crippen LogP contribution in [0.2, 0.25) is 0 Å². The molecular formula is C11H17FN2. The van der Waals surface area contributed by atoms with E-state index in [2.05, 4.69) is 0 Å². The number of likely N-dealkylation sites (N-methyl/N-ethyl adjacent to an activating group) is 1. The van der Waals surface area contributed by atoms with Crippen LogP contribution in [0, 0.1) is 5.82 Å². The summed E-state index contributed by atoms with van der Waals surface area (Å²) in [6.07, 6.45) is 0. The highest BCUT2D eigenvalue weighted by Crippen LogP contribution is 2.24. The van der Waals surface area contributed by atoms with E-state index in [0.717, 1.165) is 5.56 Å². The van der Waals surface area contributed by atoms with E-state index < -0.39 is 0 Å². The van der Waals surface area contributed by atoms with Gasteiger partial charge in [0.05, 0.1) is 5.54 Å². The van der Waals surface area contributed by atoms with Gasteiger partial charge in [-0.2, -0.15) is 0 Å². The number of rotatable bonds is 3. The van der Waals surface area contributed by atoms with Gasteiger partial charge in [-0.1, -0.05) is 12.1 Å². The fourth-order valence-corrected chi connectivity index (χ4v) is 1.37. The number of nitrogens with zero attached hydrogens (tertiary/aromatic N) is 1. The third-order valence-corrected chi connectivity index (χ3v) is 2.85. The lowest BCUT2D eigenvalue weighted by atomic mass is 9.91. The minimum absolute atomic E-state index is 0.216. The van der Waals surface area contributed by atoms with Gasteiger partial charge in [0.2, 0.25) is 0 Å². The van der Waals surface area contributed by atoms with Crippen LogP contribution in [0.5, 0.6) is 0 Å². The van der Waals surface area contributed by atoms with Gasteiger partial charge in [-0.25, -0.2) is 4.39 Å². The van der Waals surface area contributed by atoms with Crippen molar-refractivity contribution in [2.75, 3.05) is 20.6 Å². The Morgan fingerprint density at radius 1 is 1.29 bits per heavy atom. The maximum Gasteiger partial charge on any atom is 0.123 e. The summed E-state index contributed by atoms with van der Waals surface area (Å²) in [6, 6.07) is 6.49. The summed E-state index contributed by atoms with van der Waals surface area (Å²) in [4.78, 5) is 2.04. The first kappa shape index (κ1) is 11.1. The summed E-state index contributed by atoms with van der Waals surface area (Å²) in [7, 11) is 3.94. The Morgan fingerprint density at radius 3 is 2.14 bits per heavy atom. The fourth-order valence-electron chi connectivity index (χ4n) is 1.37. The molecule has 0 aliphatic carbocycles. The maximum atomic E-state index is 12.7. The molecule has 0 bridgehead atoms. The molecule has 0 aromatic heterocycles. The number of hydrogen-bond donors (Lipinski definition) is 1. The first-order chi connectivity index (χ1) is 6.50. The van der Waals surface area contributed by atoms with Gasteiger partial charge in [0.1, 0.15) is 5.82 Å². The summed E-state index contributed by atoms with van der Waals surface area (Å²) in [5.74, 6) is -0.216. The quantitative estimate of drug-likeness (QED) is 0.795. The molecule has 0 radical (unpaired) electrons. The minimum atomic E-state index is -0.228. The Labute approximate surface area is 84.5 Å². The van der Waals surface area contributed by atoms with Gasteiger partial charge in [0.25, 0.3) is 0 Å². The van der Waals surface area contributed by atoms with Crippen molar-refractivity contribution in [3.05, 3.63) is 35.6 Å². The van der Waals surface area contributed by atoms with Gasteiger partial charge in [-0.05, 0) is 38.7 Å². The van der Waals surface area contributed by atoms with Crippen LogP contribution in [0.25, 0.3) is 0 Å². The van der Waals surface area contributed by atoms with Crippen molar-refractivity contribution in [3.8, 4) is 0 Å². The minimum Gasteiger partial charge on any atom is -0.328 e. The van der Waals surface area contributed by atoms with Crippen LogP contribution in [0.4, 0.5) is 4.39 Å². The van der Waals surface area contributed by atoms with Crippen LogP contribution in [0.15, 0.2) is 24.3 Å². The first-order valence-electron chi connectivity index (χ1n) is 4.64. The van der Waals surface area contributed by atoms with Crippen LogP contribution in [-0.2, 0) is 5.54 Å². The van der Waals surface area contributed by atoms with Crippen LogP contribution < -0.4 is 5.73 Å². The number of hydrogen-bond acceptors (Lipinski definition) is 2. The van der Waals surface area contributed by atoms with E-state index in [1.54, 1.807) is 12.1 Å². The molecule has 0 amide bonds. The van der Waals surface area contributed by atoms with Crippen LogP contribution in [-0.4, -0.2) is 25.5 Å². The summed E-state index contributed by atoms with van der Waals surface area (Å²) >= 11 is 0. The zero-order valence-electron chi connectivity index (χ0n) is 8.92. The van der Waals surface area contributed by atoms with Crippen molar-refractivity contribution < 1.29 is 4.39 Å². The molecule has 2 N–H and O–H groups in total. The number of benzene rings is 1. The summed E-state index contributed by atoms with van der Waals surface area (Å²) < 4.78 is 12.7. The summed E-state index contributed by atoms with van der Waals surface area (Å²) in [5.41, 5.74) is 6.55. The first-order valence-corrected chi connectivity index (χ1v) is 4.64. The Balaban J connectivity index is 3.06. The van der Waals surface area contributed by atoms with Crippen molar-refractivity contribution in [2.24, 2.45) is 5.73 Å². The van der Waals surface area contributed by atoms with Crippen molar-refractivity contribution >= 4 is 0 Å². The molecule has 0 saturated carbocycles. The monoisotopic (exact) mass is 196 g/mol. The molecule has 0 aliphatic rings. The molecule has 0 aliphatic heterocycles. The third-order valence-electron chi connectivity index (χ3n) is 2.85. The van der Waals surface area contributed by atoms with Gasteiger partial charge in [0.15, 0.2) is 0 Å². The fraction of sp³-hybridized carbons (Fsp3) is 0.455. The summed E-state index contributed by atoms with van der Waals surface area (Å²) in [6.45, 7) is 2.55. The average Bonchev–Trinajstić information content (AvgIpc) is 2.17. The maximum absolute atomic E-state index is 12.7. The Kier molecular flexibility index (Phi) is 3.24. The lowest BCUT2D eigenvalue weighted by molar-refractivity contribution is 0.183. The summed E-state index contributed by atoms with van der Waals surface area (Å²) in [5, 5.41) is 0. The van der Waals surface area contributed by atoms with E-state index in [4.69, 9.17) is 5.73 Å². The van der Waals surface area contributed by atoms with Crippen molar-refractivity contribution in [1.82, 2.24) is 4.90 Å². The molecule has 1 aromatic rings. The predicted octanol–water partition coefficient (Wildman–Crippen LogP) is 1.56. The van der Waals surface area contributed by atoms with Crippen molar-refractivity contribution in [3.63, 3.8) is 0 Å². The highest BCUT2D eigenvalue weighted by molar-refractivity contribution is 5.24. The highest BCUT2D eigenvalue weighted by Gasteiger charge is 2.27. The van der Waals surface area contributed by atoms with Crippen molar-refractivity contribution in [2.45, 2.75) is 12.5 Å². The zero-order valence-corrected chi connectivity index (χ0v) is 8.92. The molecule has 0 heterocycles. The molecule has 1 aromatic carbocycles. The molecule has 0 fully saturated rings. The van der Waals surface area contributed by atoms with E-state index in [0.29, 0.717) is 6.54 Å². The van der Waals surface area contributed by atoms with E-state index >= 15 is 0 Å². The van der Waals surface area contributed by atoms with Crippen LogP contribution in [0.3, 0.4) is 0 Å². The molecule has 14 heavy (non-hydrogen) atoms. The average molecular weight is 196 g/mol. The van der Waals surface area contributed by atoms with Gasteiger partial charge in [-0.15, -0.1) is 0 Å². The lowest BCUT2D eigenvalue weighted by Gasteiger charge is -2.35. The Bertz CT molecular complexity index is 295. The molecular weight excluding hydrogens is 179 g/mol. The molecule has 1 rings (SSSR count). The number of nitrogens with two attached hydrogens (primary N) is 1. The SMILES string of the molecule is CN(C)C(C)(CN)c1ccc(F)cc1. The second-order valence-corrected chi connectivity index (χ2v) is 3.88. The van der Waals surface area contributed by atoms with Gasteiger partial charge in [0, 0.05) is 6.54 Å². The predicted molar refractivity (Wildman–Crippen MR) is 56.5 cm³/mol. The largest absolute Gasteiger partial charge is 0.328 e. The topological polar surface area (TPSA) is 29.3 Å². The number of halogens is 1. The second kappa shape index (κ2) is 4.07.